The standard InChI is InChI=1S/C11H21NO3/c1-8-9(14-5)6-7-12(8)10(13)15-11(2,3)4/h8-9H,6-7H2,1-5H3/t8-,9?/m0/s1. The van der Waals surface area contributed by atoms with E-state index in [0.717, 1.165) is 6.42 Å². The van der Waals surface area contributed by atoms with Crippen LogP contribution in [0.25, 0.3) is 0 Å². The number of hydrogen-bond donors (Lipinski definition) is 0. The molecule has 1 saturated heterocycles. The zero-order chi connectivity index (χ0) is 11.6. The van der Waals surface area contributed by atoms with E-state index in [0.29, 0.717) is 6.54 Å². The largest absolute Gasteiger partial charge is 0.444 e. The van der Waals surface area contributed by atoms with Gasteiger partial charge in [0.05, 0.1) is 12.1 Å². The van der Waals surface area contributed by atoms with Gasteiger partial charge in [-0.15, -0.1) is 0 Å². The predicted octanol–water partition coefficient (Wildman–Crippen LogP) is 2.03. The Balaban J connectivity index is 2.55. The van der Waals surface area contributed by atoms with E-state index in [9.17, 15) is 4.79 Å². The lowest BCUT2D eigenvalue weighted by atomic mass is 10.2. The summed E-state index contributed by atoms with van der Waals surface area (Å²) in [6, 6.07) is 0.102. The van der Waals surface area contributed by atoms with Gasteiger partial charge in [-0.1, -0.05) is 0 Å². The van der Waals surface area contributed by atoms with E-state index in [1.807, 2.05) is 27.7 Å². The number of hydrogen-bond acceptors (Lipinski definition) is 3. The second kappa shape index (κ2) is 4.39. The Morgan fingerprint density at radius 2 is 2.00 bits per heavy atom. The van der Waals surface area contributed by atoms with Crippen molar-refractivity contribution < 1.29 is 14.3 Å². The molecule has 1 unspecified atom stereocenters. The van der Waals surface area contributed by atoms with Crippen molar-refractivity contribution in [3.05, 3.63) is 0 Å². The lowest BCUT2D eigenvalue weighted by Gasteiger charge is -2.28. The SMILES string of the molecule is COC1CCN(C(=O)OC(C)(C)C)[C@H]1C. The molecule has 2 atom stereocenters. The monoisotopic (exact) mass is 215 g/mol. The summed E-state index contributed by atoms with van der Waals surface area (Å²) in [7, 11) is 1.68. The molecule has 1 aliphatic rings. The molecule has 0 aromatic carbocycles. The minimum absolute atomic E-state index is 0.102. The second-order valence-electron chi connectivity index (χ2n) is 4.98. The summed E-state index contributed by atoms with van der Waals surface area (Å²) in [4.78, 5) is 13.5. The first kappa shape index (κ1) is 12.3. The Labute approximate surface area is 91.5 Å². The third-order valence-electron chi connectivity index (χ3n) is 2.61. The molecule has 1 rings (SSSR count). The van der Waals surface area contributed by atoms with Crippen molar-refractivity contribution in [2.24, 2.45) is 0 Å². The molecule has 88 valence electrons. The molecule has 1 aliphatic heterocycles. The minimum Gasteiger partial charge on any atom is -0.444 e. The average molecular weight is 215 g/mol. The van der Waals surface area contributed by atoms with Gasteiger partial charge in [-0.2, -0.15) is 0 Å². The molecule has 0 spiro atoms. The van der Waals surface area contributed by atoms with Crippen molar-refractivity contribution in [3.8, 4) is 0 Å². The molecule has 15 heavy (non-hydrogen) atoms. The van der Waals surface area contributed by atoms with Crippen LogP contribution in [0.4, 0.5) is 4.79 Å². The van der Waals surface area contributed by atoms with E-state index in [4.69, 9.17) is 9.47 Å². The fraction of sp³-hybridized carbons (Fsp3) is 0.909. The van der Waals surface area contributed by atoms with Gasteiger partial charge in [-0.25, -0.2) is 4.79 Å². The highest BCUT2D eigenvalue weighted by Gasteiger charge is 2.36. The molecule has 0 radical (unpaired) electrons. The summed E-state index contributed by atoms with van der Waals surface area (Å²) < 4.78 is 10.6. The molecule has 0 aromatic heterocycles. The molecule has 1 heterocycles. The number of amides is 1. The molecular formula is C11H21NO3. The smallest absolute Gasteiger partial charge is 0.410 e. The fourth-order valence-electron chi connectivity index (χ4n) is 1.80. The van der Waals surface area contributed by atoms with Crippen molar-refractivity contribution >= 4 is 6.09 Å². The van der Waals surface area contributed by atoms with Crippen LogP contribution < -0.4 is 0 Å². The highest BCUT2D eigenvalue weighted by molar-refractivity contribution is 5.69. The van der Waals surface area contributed by atoms with Gasteiger partial charge < -0.3 is 14.4 Å². The summed E-state index contributed by atoms with van der Waals surface area (Å²) in [5.41, 5.74) is -0.429. The van der Waals surface area contributed by atoms with Gasteiger partial charge in [0.1, 0.15) is 5.60 Å². The number of likely N-dealkylation sites (tertiary alicyclic amines) is 1. The summed E-state index contributed by atoms with van der Waals surface area (Å²) in [6.07, 6.45) is 0.781. The third kappa shape index (κ3) is 3.09. The Morgan fingerprint density at radius 3 is 2.40 bits per heavy atom. The van der Waals surface area contributed by atoms with Gasteiger partial charge in [0.2, 0.25) is 0 Å². The van der Waals surface area contributed by atoms with Gasteiger partial charge in [-0.3, -0.25) is 0 Å². The zero-order valence-corrected chi connectivity index (χ0v) is 10.2. The Kier molecular flexibility index (Phi) is 3.60. The van der Waals surface area contributed by atoms with Crippen LogP contribution in [0.3, 0.4) is 0 Å². The van der Waals surface area contributed by atoms with Crippen LogP contribution in [0, 0.1) is 0 Å². The van der Waals surface area contributed by atoms with Crippen LogP contribution in [-0.2, 0) is 9.47 Å². The van der Waals surface area contributed by atoms with Crippen LogP contribution >= 0.6 is 0 Å². The van der Waals surface area contributed by atoms with Crippen molar-refractivity contribution in [2.75, 3.05) is 13.7 Å². The van der Waals surface area contributed by atoms with E-state index in [1.165, 1.54) is 0 Å². The van der Waals surface area contributed by atoms with Crippen LogP contribution in [0.2, 0.25) is 0 Å². The van der Waals surface area contributed by atoms with E-state index in [-0.39, 0.29) is 18.2 Å². The fourth-order valence-corrected chi connectivity index (χ4v) is 1.80. The topological polar surface area (TPSA) is 38.8 Å². The Hall–Kier alpha value is -0.770. The van der Waals surface area contributed by atoms with Gasteiger partial charge in [0.15, 0.2) is 0 Å². The molecule has 0 aliphatic carbocycles. The average Bonchev–Trinajstić information content (AvgIpc) is 2.43. The van der Waals surface area contributed by atoms with Crippen LogP contribution in [-0.4, -0.2) is 42.4 Å². The van der Waals surface area contributed by atoms with Gasteiger partial charge in [0, 0.05) is 13.7 Å². The third-order valence-corrected chi connectivity index (χ3v) is 2.61. The molecular weight excluding hydrogens is 194 g/mol. The number of carbonyl (C=O) groups excluding carboxylic acids is 1. The molecule has 4 nitrogen and oxygen atoms in total. The Morgan fingerprint density at radius 1 is 1.40 bits per heavy atom. The predicted molar refractivity (Wildman–Crippen MR) is 57.8 cm³/mol. The maximum Gasteiger partial charge on any atom is 0.410 e. The summed E-state index contributed by atoms with van der Waals surface area (Å²) in [5, 5.41) is 0. The minimum atomic E-state index is -0.429. The first-order valence-electron chi connectivity index (χ1n) is 5.37. The van der Waals surface area contributed by atoms with Crippen LogP contribution in [0.1, 0.15) is 34.1 Å². The first-order valence-corrected chi connectivity index (χ1v) is 5.37. The molecule has 1 amide bonds. The quantitative estimate of drug-likeness (QED) is 0.671. The number of carbonyl (C=O) groups is 1. The Bertz CT molecular complexity index is 234. The summed E-state index contributed by atoms with van der Waals surface area (Å²) in [5.74, 6) is 0. The zero-order valence-electron chi connectivity index (χ0n) is 10.2. The summed E-state index contributed by atoms with van der Waals surface area (Å²) in [6.45, 7) is 8.33. The highest BCUT2D eigenvalue weighted by Crippen LogP contribution is 2.22. The van der Waals surface area contributed by atoms with Crippen molar-refractivity contribution in [1.82, 2.24) is 4.90 Å². The van der Waals surface area contributed by atoms with Crippen LogP contribution in [0.15, 0.2) is 0 Å². The number of nitrogens with zero attached hydrogens (tertiary/aromatic N) is 1. The van der Waals surface area contributed by atoms with E-state index in [2.05, 4.69) is 0 Å². The maximum atomic E-state index is 11.8. The lowest BCUT2D eigenvalue weighted by Crippen LogP contribution is -2.41. The number of ether oxygens (including phenoxy) is 2. The van der Waals surface area contributed by atoms with Crippen molar-refractivity contribution in [3.63, 3.8) is 0 Å². The van der Waals surface area contributed by atoms with Crippen molar-refractivity contribution in [2.45, 2.75) is 51.9 Å². The maximum absolute atomic E-state index is 11.8. The molecule has 0 bridgehead atoms. The van der Waals surface area contributed by atoms with E-state index < -0.39 is 5.60 Å². The molecule has 4 heteroatoms. The summed E-state index contributed by atoms with van der Waals surface area (Å²) >= 11 is 0. The van der Waals surface area contributed by atoms with E-state index >= 15 is 0 Å². The lowest BCUT2D eigenvalue weighted by molar-refractivity contribution is 0.0134. The molecule has 0 saturated carbocycles. The van der Waals surface area contributed by atoms with Gasteiger partial charge in [0.25, 0.3) is 0 Å². The number of methoxy groups -OCH3 is 1. The molecule has 0 N–H and O–H groups in total. The number of rotatable bonds is 1. The first-order chi connectivity index (χ1) is 6.85. The molecule has 1 fully saturated rings. The van der Waals surface area contributed by atoms with Crippen LogP contribution in [0.5, 0.6) is 0 Å². The highest BCUT2D eigenvalue weighted by atomic mass is 16.6. The van der Waals surface area contributed by atoms with Crippen molar-refractivity contribution in [1.29, 1.82) is 0 Å². The normalized spacial score (nSPS) is 26.9. The molecule has 0 aromatic rings. The van der Waals surface area contributed by atoms with Gasteiger partial charge >= 0.3 is 6.09 Å². The second-order valence-corrected chi connectivity index (χ2v) is 4.98. The van der Waals surface area contributed by atoms with Gasteiger partial charge in [-0.05, 0) is 34.1 Å². The van der Waals surface area contributed by atoms with E-state index in [1.54, 1.807) is 12.0 Å².